The van der Waals surface area contributed by atoms with Crippen molar-refractivity contribution in [1.29, 1.82) is 0 Å². The molecule has 0 saturated heterocycles. The van der Waals surface area contributed by atoms with E-state index in [0.29, 0.717) is 0 Å². The van der Waals surface area contributed by atoms with Gasteiger partial charge in [0, 0.05) is 0 Å². The lowest BCUT2D eigenvalue weighted by Gasteiger charge is -2.19. The summed E-state index contributed by atoms with van der Waals surface area (Å²) in [6.07, 6.45) is 20.5. The molecule has 1 aliphatic rings. The van der Waals surface area contributed by atoms with E-state index in [2.05, 4.69) is 26.0 Å². The minimum absolute atomic E-state index is 0.986. The van der Waals surface area contributed by atoms with E-state index in [9.17, 15) is 0 Å². The first-order valence-electron chi connectivity index (χ1n) is 8.01. The van der Waals surface area contributed by atoms with Gasteiger partial charge < -0.3 is 0 Å². The molecular formula is C17H32. The second-order valence-corrected chi connectivity index (χ2v) is 5.88. The van der Waals surface area contributed by atoms with Crippen LogP contribution in [-0.2, 0) is 0 Å². The summed E-state index contributed by atoms with van der Waals surface area (Å²) in [5.74, 6) is 1.99. The quantitative estimate of drug-likeness (QED) is 0.316. The van der Waals surface area contributed by atoms with Gasteiger partial charge in [-0.1, -0.05) is 77.4 Å². The smallest absolute Gasteiger partial charge is 0.0319 e. The third-order valence-electron chi connectivity index (χ3n) is 4.32. The predicted molar refractivity (Wildman–Crippen MR) is 78.3 cm³/mol. The van der Waals surface area contributed by atoms with Crippen molar-refractivity contribution in [3.05, 3.63) is 12.2 Å². The van der Waals surface area contributed by atoms with Gasteiger partial charge in [0.25, 0.3) is 0 Å². The predicted octanol–water partition coefficient (Wildman–Crippen LogP) is 6.12. The fourth-order valence-corrected chi connectivity index (χ4v) is 3.04. The number of allylic oxidation sites excluding steroid dienone is 2. The molecule has 1 aliphatic carbocycles. The lowest BCUT2D eigenvalue weighted by atomic mass is 9.87. The van der Waals surface area contributed by atoms with Gasteiger partial charge in [0.1, 0.15) is 0 Å². The molecule has 1 unspecified atom stereocenters. The highest BCUT2D eigenvalue weighted by molar-refractivity contribution is 4.94. The van der Waals surface area contributed by atoms with Crippen LogP contribution in [0.5, 0.6) is 0 Å². The van der Waals surface area contributed by atoms with Gasteiger partial charge in [0.05, 0.1) is 0 Å². The van der Waals surface area contributed by atoms with Gasteiger partial charge in [-0.3, -0.25) is 0 Å². The molecule has 0 bridgehead atoms. The zero-order valence-corrected chi connectivity index (χ0v) is 12.1. The van der Waals surface area contributed by atoms with Crippen LogP contribution in [0.4, 0.5) is 0 Å². The van der Waals surface area contributed by atoms with E-state index in [1.54, 1.807) is 0 Å². The lowest BCUT2D eigenvalue weighted by molar-refractivity contribution is 0.343. The minimum Gasteiger partial charge on any atom is -0.0882 e. The van der Waals surface area contributed by atoms with Crippen molar-refractivity contribution in [2.75, 3.05) is 0 Å². The van der Waals surface area contributed by atoms with Crippen LogP contribution < -0.4 is 0 Å². The molecule has 0 aromatic heterocycles. The topological polar surface area (TPSA) is 0 Å². The monoisotopic (exact) mass is 236 g/mol. The highest BCUT2D eigenvalue weighted by Crippen LogP contribution is 2.29. The zero-order valence-electron chi connectivity index (χ0n) is 12.1. The zero-order chi connectivity index (χ0) is 12.3. The third-order valence-corrected chi connectivity index (χ3v) is 4.32. The van der Waals surface area contributed by atoms with Gasteiger partial charge in [-0.05, 0) is 31.1 Å². The van der Waals surface area contributed by atoms with E-state index in [4.69, 9.17) is 0 Å². The summed E-state index contributed by atoms with van der Waals surface area (Å²) in [6, 6.07) is 0. The van der Waals surface area contributed by atoms with Crippen LogP contribution in [0.15, 0.2) is 12.2 Å². The summed E-state index contributed by atoms with van der Waals surface area (Å²) in [6.45, 7) is 4.67. The molecule has 100 valence electrons. The van der Waals surface area contributed by atoms with E-state index in [1.807, 2.05) is 0 Å². The van der Waals surface area contributed by atoms with Crippen molar-refractivity contribution in [2.24, 2.45) is 11.8 Å². The Bertz CT molecular complexity index is 184. The summed E-state index contributed by atoms with van der Waals surface area (Å²) < 4.78 is 0. The molecule has 0 aliphatic heterocycles. The summed E-state index contributed by atoms with van der Waals surface area (Å²) in [5.41, 5.74) is 0. The molecule has 0 saturated carbocycles. The average Bonchev–Trinajstić information content (AvgIpc) is 2.85. The third kappa shape index (κ3) is 6.91. The Morgan fingerprint density at radius 3 is 2.24 bits per heavy atom. The Morgan fingerprint density at radius 1 is 0.941 bits per heavy atom. The molecule has 17 heavy (non-hydrogen) atoms. The maximum atomic E-state index is 2.38. The molecule has 0 heterocycles. The van der Waals surface area contributed by atoms with Gasteiger partial charge in [0.15, 0.2) is 0 Å². The van der Waals surface area contributed by atoms with E-state index in [-0.39, 0.29) is 0 Å². The van der Waals surface area contributed by atoms with Crippen LogP contribution in [0, 0.1) is 11.8 Å². The van der Waals surface area contributed by atoms with E-state index >= 15 is 0 Å². The van der Waals surface area contributed by atoms with Gasteiger partial charge in [-0.2, -0.15) is 0 Å². The first-order chi connectivity index (χ1) is 8.36. The van der Waals surface area contributed by atoms with Crippen LogP contribution >= 0.6 is 0 Å². The molecule has 0 aromatic rings. The van der Waals surface area contributed by atoms with Gasteiger partial charge in [-0.15, -0.1) is 0 Å². The molecule has 0 amide bonds. The first-order valence-corrected chi connectivity index (χ1v) is 8.01. The summed E-state index contributed by atoms with van der Waals surface area (Å²) in [7, 11) is 0. The molecule has 0 nitrogen and oxygen atoms in total. The number of unbranched alkanes of at least 4 members (excludes halogenated alkanes) is 5. The van der Waals surface area contributed by atoms with Crippen molar-refractivity contribution in [3.8, 4) is 0 Å². The molecule has 1 atom stereocenters. The molecule has 0 aromatic carbocycles. The normalized spacial score (nSPS) is 17.8. The highest BCUT2D eigenvalue weighted by Gasteiger charge is 2.15. The summed E-state index contributed by atoms with van der Waals surface area (Å²) >= 11 is 0. The van der Waals surface area contributed by atoms with Crippen LogP contribution in [-0.4, -0.2) is 0 Å². The molecule has 0 heteroatoms. The maximum Gasteiger partial charge on any atom is -0.0319 e. The fraction of sp³-hybridized carbons (Fsp3) is 0.882. The molecule has 1 rings (SSSR count). The molecular weight excluding hydrogens is 204 g/mol. The Labute approximate surface area is 109 Å². The van der Waals surface area contributed by atoms with Crippen molar-refractivity contribution in [1.82, 2.24) is 0 Å². The second-order valence-electron chi connectivity index (χ2n) is 5.88. The number of hydrogen-bond donors (Lipinski definition) is 0. The molecule has 0 fully saturated rings. The number of hydrogen-bond acceptors (Lipinski definition) is 0. The molecule has 0 radical (unpaired) electrons. The van der Waals surface area contributed by atoms with Crippen molar-refractivity contribution in [3.63, 3.8) is 0 Å². The largest absolute Gasteiger partial charge is 0.0882 e. The van der Waals surface area contributed by atoms with Gasteiger partial charge >= 0.3 is 0 Å². The van der Waals surface area contributed by atoms with Crippen LogP contribution in [0.3, 0.4) is 0 Å². The average molecular weight is 236 g/mol. The van der Waals surface area contributed by atoms with Crippen molar-refractivity contribution in [2.45, 2.75) is 84.5 Å². The van der Waals surface area contributed by atoms with Gasteiger partial charge in [-0.25, -0.2) is 0 Å². The van der Waals surface area contributed by atoms with Crippen LogP contribution in [0.25, 0.3) is 0 Å². The lowest BCUT2D eigenvalue weighted by Crippen LogP contribution is -2.06. The van der Waals surface area contributed by atoms with Crippen molar-refractivity contribution < 1.29 is 0 Å². The van der Waals surface area contributed by atoms with E-state index in [0.717, 1.165) is 11.8 Å². The summed E-state index contributed by atoms with van der Waals surface area (Å²) in [4.78, 5) is 0. The SMILES string of the molecule is CCCCCCCCC(CC)CC1CC=CC1. The Kier molecular flexibility index (Phi) is 8.48. The van der Waals surface area contributed by atoms with Crippen LogP contribution in [0.1, 0.15) is 84.5 Å². The molecule has 0 N–H and O–H groups in total. The van der Waals surface area contributed by atoms with E-state index in [1.165, 1.54) is 70.6 Å². The maximum absolute atomic E-state index is 2.38. The van der Waals surface area contributed by atoms with Crippen molar-refractivity contribution >= 4 is 0 Å². The minimum atomic E-state index is 0.986. The van der Waals surface area contributed by atoms with Gasteiger partial charge in [0.2, 0.25) is 0 Å². The fourth-order valence-electron chi connectivity index (χ4n) is 3.04. The second kappa shape index (κ2) is 9.74. The highest BCUT2D eigenvalue weighted by atomic mass is 14.2. The standard InChI is InChI=1S/C17H32/c1-3-5-6-7-8-9-12-16(4-2)15-17-13-10-11-14-17/h10-11,16-17H,3-9,12-15H2,1-2H3. The summed E-state index contributed by atoms with van der Waals surface area (Å²) in [5, 5.41) is 0. The van der Waals surface area contributed by atoms with Crippen LogP contribution in [0.2, 0.25) is 0 Å². The Morgan fingerprint density at radius 2 is 1.59 bits per heavy atom. The Balaban J connectivity index is 1.98. The van der Waals surface area contributed by atoms with E-state index < -0.39 is 0 Å². The molecule has 0 spiro atoms. The number of rotatable bonds is 10. The Hall–Kier alpha value is -0.260. The first kappa shape index (κ1) is 14.8.